The van der Waals surface area contributed by atoms with Gasteiger partial charge in [-0.15, -0.1) is 0 Å². The summed E-state index contributed by atoms with van der Waals surface area (Å²) in [4.78, 5) is 7.54. The highest BCUT2D eigenvalue weighted by Crippen LogP contribution is 2.23. The zero-order chi connectivity index (χ0) is 13.9. The number of nitrogens with two attached hydrogens (primary N) is 1. The minimum atomic E-state index is -3.75. The molecule has 0 radical (unpaired) electrons. The molecule has 0 amide bonds. The van der Waals surface area contributed by atoms with Crippen molar-refractivity contribution in [1.82, 2.24) is 9.97 Å². The summed E-state index contributed by atoms with van der Waals surface area (Å²) in [6.07, 6.45) is 4.11. The van der Waals surface area contributed by atoms with Gasteiger partial charge in [-0.05, 0) is 18.2 Å². The number of nitrogen functional groups attached to an aromatic ring is 1. The molecule has 0 bridgehead atoms. The van der Waals surface area contributed by atoms with E-state index in [1.54, 1.807) is 0 Å². The molecule has 100 valence electrons. The number of hydrogen-bond acceptors (Lipinski definition) is 6. The molecule has 4 N–H and O–H groups in total. The fourth-order valence-corrected chi connectivity index (χ4v) is 2.62. The van der Waals surface area contributed by atoms with Crippen molar-refractivity contribution in [3.05, 3.63) is 41.8 Å². The quantitative estimate of drug-likeness (QED) is 0.578. The highest BCUT2D eigenvalue weighted by atomic mass is 35.5. The first-order chi connectivity index (χ1) is 9.03. The molecule has 19 heavy (non-hydrogen) atoms. The average Bonchev–Trinajstić information content (AvgIpc) is 2.39. The number of rotatable bonds is 4. The number of halogens is 1. The maximum Gasteiger partial charge on any atom is 0.263 e. The van der Waals surface area contributed by atoms with Crippen LogP contribution < -0.4 is 16.0 Å². The smallest absolute Gasteiger partial charge is 0.263 e. The summed E-state index contributed by atoms with van der Waals surface area (Å²) in [5.41, 5.74) is 2.65. The van der Waals surface area contributed by atoms with Crippen molar-refractivity contribution >= 4 is 33.1 Å². The molecule has 0 aliphatic heterocycles. The normalized spacial score (nSPS) is 11.1. The summed E-state index contributed by atoms with van der Waals surface area (Å²) in [5, 5.41) is 0.111. The van der Waals surface area contributed by atoms with Gasteiger partial charge >= 0.3 is 0 Å². The molecule has 0 saturated carbocycles. The van der Waals surface area contributed by atoms with Gasteiger partial charge in [0.25, 0.3) is 10.0 Å². The molecule has 0 aliphatic rings. The Morgan fingerprint density at radius 1 is 1.26 bits per heavy atom. The minimum Gasteiger partial charge on any atom is -0.307 e. The van der Waals surface area contributed by atoms with E-state index >= 15 is 0 Å². The second-order valence-electron chi connectivity index (χ2n) is 3.49. The molecule has 0 spiro atoms. The lowest BCUT2D eigenvalue weighted by atomic mass is 10.4. The van der Waals surface area contributed by atoms with Crippen LogP contribution in [0.1, 0.15) is 0 Å². The molecule has 2 rings (SSSR count). The van der Waals surface area contributed by atoms with Gasteiger partial charge in [0.2, 0.25) is 0 Å². The number of sulfonamides is 1. The molecule has 0 saturated heterocycles. The number of anilines is 2. The van der Waals surface area contributed by atoms with E-state index in [2.05, 4.69) is 20.1 Å². The predicted octanol–water partition coefficient (Wildman–Crippen LogP) is 1.22. The predicted molar refractivity (Wildman–Crippen MR) is 72.1 cm³/mol. The third-order valence-corrected chi connectivity index (χ3v) is 3.83. The Bertz CT molecular complexity index is 678. The van der Waals surface area contributed by atoms with Crippen molar-refractivity contribution in [2.75, 3.05) is 10.1 Å². The second-order valence-corrected chi connectivity index (χ2v) is 5.58. The SMILES string of the molecule is NNc1ncc(S(=O)(=O)Nc2ccncc2)cc1Cl. The Morgan fingerprint density at radius 3 is 2.53 bits per heavy atom. The fourth-order valence-electron chi connectivity index (χ4n) is 1.31. The van der Waals surface area contributed by atoms with Crippen molar-refractivity contribution in [1.29, 1.82) is 0 Å². The minimum absolute atomic E-state index is 0.0617. The lowest BCUT2D eigenvalue weighted by molar-refractivity contribution is 0.601. The number of nitrogens with zero attached hydrogens (tertiary/aromatic N) is 2. The first-order valence-electron chi connectivity index (χ1n) is 5.08. The van der Waals surface area contributed by atoms with Crippen LogP contribution in [0.5, 0.6) is 0 Å². The topological polar surface area (TPSA) is 110 Å². The Labute approximate surface area is 114 Å². The summed E-state index contributed by atoms with van der Waals surface area (Å²) in [5.74, 6) is 5.36. The van der Waals surface area contributed by atoms with Crippen molar-refractivity contribution < 1.29 is 8.42 Å². The highest BCUT2D eigenvalue weighted by Gasteiger charge is 2.16. The standard InChI is InChI=1S/C10H10ClN5O2S/c11-9-5-8(6-14-10(9)15-12)19(17,18)16-7-1-3-13-4-2-7/h1-6H,12H2,(H,13,16)(H,14,15). The molecule has 0 fully saturated rings. The van der Waals surface area contributed by atoms with E-state index in [0.29, 0.717) is 5.69 Å². The van der Waals surface area contributed by atoms with E-state index in [0.717, 1.165) is 6.20 Å². The molecule has 2 heterocycles. The average molecular weight is 300 g/mol. The van der Waals surface area contributed by atoms with E-state index in [4.69, 9.17) is 17.4 Å². The van der Waals surface area contributed by atoms with Crippen LogP contribution in [-0.2, 0) is 10.0 Å². The maximum atomic E-state index is 12.1. The molecule has 7 nitrogen and oxygen atoms in total. The third-order valence-electron chi connectivity index (χ3n) is 2.20. The van der Waals surface area contributed by atoms with Crippen LogP contribution >= 0.6 is 11.6 Å². The largest absolute Gasteiger partial charge is 0.307 e. The van der Waals surface area contributed by atoms with Gasteiger partial charge < -0.3 is 5.43 Å². The summed E-state index contributed by atoms with van der Waals surface area (Å²) in [7, 11) is -3.75. The Hall–Kier alpha value is -1.90. The van der Waals surface area contributed by atoms with E-state index in [1.807, 2.05) is 0 Å². The molecule has 9 heteroatoms. The van der Waals surface area contributed by atoms with E-state index in [1.165, 1.54) is 30.6 Å². The number of nitrogens with one attached hydrogen (secondary N) is 2. The highest BCUT2D eigenvalue weighted by molar-refractivity contribution is 7.92. The van der Waals surface area contributed by atoms with E-state index in [9.17, 15) is 8.42 Å². The molecular formula is C10H10ClN5O2S. The summed E-state index contributed by atoms with van der Waals surface area (Å²) < 4.78 is 26.5. The van der Waals surface area contributed by atoms with Gasteiger partial charge in [-0.3, -0.25) is 9.71 Å². The van der Waals surface area contributed by atoms with Gasteiger partial charge in [-0.1, -0.05) is 11.6 Å². The van der Waals surface area contributed by atoms with Gasteiger partial charge in [0.1, 0.15) is 4.90 Å². The van der Waals surface area contributed by atoms with Crippen LogP contribution in [0.2, 0.25) is 5.02 Å². The second kappa shape index (κ2) is 5.39. The molecule has 0 unspecified atom stereocenters. The lowest BCUT2D eigenvalue weighted by Gasteiger charge is -2.09. The zero-order valence-electron chi connectivity index (χ0n) is 9.54. The van der Waals surface area contributed by atoms with Crippen molar-refractivity contribution in [3.8, 4) is 0 Å². The van der Waals surface area contributed by atoms with Crippen LogP contribution in [0.15, 0.2) is 41.7 Å². The van der Waals surface area contributed by atoms with Crippen molar-refractivity contribution in [3.63, 3.8) is 0 Å². The van der Waals surface area contributed by atoms with Gasteiger partial charge in [-0.2, -0.15) is 0 Å². The van der Waals surface area contributed by atoms with Crippen molar-refractivity contribution in [2.24, 2.45) is 5.84 Å². The Morgan fingerprint density at radius 2 is 1.95 bits per heavy atom. The number of hydrazine groups is 1. The Balaban J connectivity index is 2.32. The number of aromatic nitrogens is 2. The van der Waals surface area contributed by atoms with Crippen LogP contribution in [0.4, 0.5) is 11.5 Å². The third kappa shape index (κ3) is 3.11. The lowest BCUT2D eigenvalue weighted by Crippen LogP contribution is -2.14. The maximum absolute atomic E-state index is 12.1. The van der Waals surface area contributed by atoms with E-state index in [-0.39, 0.29) is 15.7 Å². The first kappa shape index (κ1) is 13.5. The van der Waals surface area contributed by atoms with Crippen LogP contribution in [-0.4, -0.2) is 18.4 Å². The van der Waals surface area contributed by atoms with E-state index < -0.39 is 10.0 Å². The monoisotopic (exact) mass is 299 g/mol. The van der Waals surface area contributed by atoms with Gasteiger partial charge in [0.05, 0.1) is 10.7 Å². The summed E-state index contributed by atoms with van der Waals surface area (Å²) in [6.45, 7) is 0. The number of pyridine rings is 2. The van der Waals surface area contributed by atoms with Gasteiger partial charge in [0, 0.05) is 18.6 Å². The summed E-state index contributed by atoms with van der Waals surface area (Å²) in [6, 6.07) is 4.32. The zero-order valence-corrected chi connectivity index (χ0v) is 11.1. The Kier molecular flexibility index (Phi) is 3.84. The molecule has 2 aromatic rings. The van der Waals surface area contributed by atoms with Gasteiger partial charge in [0.15, 0.2) is 5.82 Å². The van der Waals surface area contributed by atoms with Crippen LogP contribution in [0.25, 0.3) is 0 Å². The van der Waals surface area contributed by atoms with Crippen LogP contribution in [0.3, 0.4) is 0 Å². The molecule has 2 aromatic heterocycles. The summed E-state index contributed by atoms with van der Waals surface area (Å²) >= 11 is 5.83. The number of hydrogen-bond donors (Lipinski definition) is 3. The molecule has 0 aliphatic carbocycles. The fraction of sp³-hybridized carbons (Fsp3) is 0. The van der Waals surface area contributed by atoms with Crippen LogP contribution in [0, 0.1) is 0 Å². The van der Waals surface area contributed by atoms with Gasteiger partial charge in [-0.25, -0.2) is 19.2 Å². The molecule has 0 aromatic carbocycles. The molecular weight excluding hydrogens is 290 g/mol. The molecule has 0 atom stereocenters. The van der Waals surface area contributed by atoms with Crippen molar-refractivity contribution in [2.45, 2.75) is 4.90 Å². The first-order valence-corrected chi connectivity index (χ1v) is 6.94.